The van der Waals surface area contributed by atoms with Crippen molar-refractivity contribution < 1.29 is 43.5 Å². The Bertz CT molecular complexity index is 1180. The summed E-state index contributed by atoms with van der Waals surface area (Å²) in [5.74, 6) is -7.43. The lowest BCUT2D eigenvalue weighted by molar-refractivity contribution is -0.143. The van der Waals surface area contributed by atoms with Crippen molar-refractivity contribution in [1.82, 2.24) is 26.6 Å². The second-order valence-electron chi connectivity index (χ2n) is 13.8. The molecule has 286 valence electrons. The molecule has 0 radical (unpaired) electrons. The first-order chi connectivity index (χ1) is 23.2. The SMILES string of the molecule is CC(C)C[C@H](NC(=O)[C@H](CCCCN)NC(=O)[C@H](CC(C)C)NC(=O)[C@H](CC(N)=O)NC(=O)[C@H](CC(C)C)NC(=O)[C@@H](N)CC(N)=O)C(=O)O. The van der Waals surface area contributed by atoms with Crippen molar-refractivity contribution in [2.75, 3.05) is 6.54 Å². The number of nitrogens with one attached hydrogen (secondary N) is 5. The molecule has 6 atom stereocenters. The third-order valence-corrected chi connectivity index (χ3v) is 7.38. The summed E-state index contributed by atoms with van der Waals surface area (Å²) in [6, 6.07) is -7.72. The van der Waals surface area contributed by atoms with Gasteiger partial charge in [-0.25, -0.2) is 4.79 Å². The number of nitrogens with two attached hydrogens (primary N) is 4. The molecule has 14 N–H and O–H groups in total. The third kappa shape index (κ3) is 19.0. The van der Waals surface area contributed by atoms with E-state index in [-0.39, 0.29) is 43.4 Å². The molecule has 0 saturated carbocycles. The quantitative estimate of drug-likeness (QED) is 0.0454. The molecule has 0 saturated heterocycles. The van der Waals surface area contributed by atoms with Crippen molar-refractivity contribution in [1.29, 1.82) is 0 Å². The number of unbranched alkanes of at least 4 members (excludes halogenated alkanes) is 1. The topological polar surface area (TPSA) is 321 Å². The fourth-order valence-corrected chi connectivity index (χ4v) is 4.95. The number of primary amides is 2. The molecule has 0 aromatic rings. The van der Waals surface area contributed by atoms with E-state index in [1.807, 2.05) is 0 Å². The van der Waals surface area contributed by atoms with Gasteiger partial charge in [0, 0.05) is 0 Å². The molecule has 0 aromatic carbocycles. The van der Waals surface area contributed by atoms with Gasteiger partial charge in [-0.05, 0) is 62.8 Å². The molecular formula is C32H59N9O9. The largest absolute Gasteiger partial charge is 0.480 e. The zero-order valence-electron chi connectivity index (χ0n) is 30.1. The summed E-state index contributed by atoms with van der Waals surface area (Å²) in [6.45, 7) is 11.0. The van der Waals surface area contributed by atoms with Gasteiger partial charge in [-0.15, -0.1) is 0 Å². The van der Waals surface area contributed by atoms with E-state index in [0.29, 0.717) is 19.4 Å². The zero-order chi connectivity index (χ0) is 38.7. The molecule has 0 fully saturated rings. The second kappa shape index (κ2) is 23.2. The molecule has 0 spiro atoms. The maximum atomic E-state index is 13.6. The fourth-order valence-electron chi connectivity index (χ4n) is 4.95. The summed E-state index contributed by atoms with van der Waals surface area (Å²) in [7, 11) is 0. The van der Waals surface area contributed by atoms with Crippen LogP contribution in [0.15, 0.2) is 0 Å². The van der Waals surface area contributed by atoms with E-state index in [1.165, 1.54) is 0 Å². The van der Waals surface area contributed by atoms with Crippen LogP contribution in [-0.2, 0) is 38.4 Å². The van der Waals surface area contributed by atoms with Gasteiger partial charge in [0.15, 0.2) is 0 Å². The molecule has 0 rings (SSSR count). The van der Waals surface area contributed by atoms with Crippen LogP contribution in [0, 0.1) is 17.8 Å². The predicted octanol–water partition coefficient (Wildman–Crippen LogP) is -2.16. The van der Waals surface area contributed by atoms with Gasteiger partial charge in [0.1, 0.15) is 30.2 Å². The van der Waals surface area contributed by atoms with Gasteiger partial charge in [0.2, 0.25) is 41.4 Å². The standard InChI is InChI=1S/C32H59N9O9/c1-16(2)11-21(38-27(44)19(34)14-25(35)42)30(47)40-23(15-26(36)43)31(48)39-22(12-17(3)4)29(46)37-20(9-7-8-10-33)28(45)41-24(32(49)50)13-18(5)6/h16-24H,7-15,33-34H2,1-6H3,(H2,35,42)(H2,36,43)(H,37,46)(H,38,44)(H,39,48)(H,40,47)(H,41,45)(H,49,50)/t19-,20-,21-,22-,23-,24-/m0/s1. The Balaban J connectivity index is 6.18. The van der Waals surface area contributed by atoms with Crippen LogP contribution in [0.5, 0.6) is 0 Å². The fraction of sp³-hybridized carbons (Fsp3) is 0.750. The number of carboxylic acid groups (broad SMARTS) is 1. The Morgan fingerprint density at radius 1 is 0.520 bits per heavy atom. The van der Waals surface area contributed by atoms with E-state index < -0.39 is 96.4 Å². The first-order valence-corrected chi connectivity index (χ1v) is 16.9. The number of hydrogen-bond acceptors (Lipinski definition) is 10. The van der Waals surface area contributed by atoms with Gasteiger partial charge < -0.3 is 54.6 Å². The normalized spacial score (nSPS) is 14.9. The van der Waals surface area contributed by atoms with Crippen molar-refractivity contribution >= 4 is 47.3 Å². The van der Waals surface area contributed by atoms with E-state index in [2.05, 4.69) is 26.6 Å². The summed E-state index contributed by atoms with van der Waals surface area (Å²) >= 11 is 0. The molecule has 18 heteroatoms. The van der Waals surface area contributed by atoms with Gasteiger partial charge in [0.05, 0.1) is 18.9 Å². The van der Waals surface area contributed by atoms with Crippen LogP contribution in [0.3, 0.4) is 0 Å². The van der Waals surface area contributed by atoms with Crippen LogP contribution in [0.25, 0.3) is 0 Å². The highest BCUT2D eigenvalue weighted by Gasteiger charge is 2.34. The third-order valence-electron chi connectivity index (χ3n) is 7.38. The summed E-state index contributed by atoms with van der Waals surface area (Å²) in [5, 5.41) is 22.1. The molecule has 18 nitrogen and oxygen atoms in total. The first-order valence-electron chi connectivity index (χ1n) is 16.9. The van der Waals surface area contributed by atoms with Crippen molar-refractivity contribution in [3.8, 4) is 0 Å². The van der Waals surface area contributed by atoms with Crippen molar-refractivity contribution in [2.45, 2.75) is 129 Å². The Morgan fingerprint density at radius 3 is 1.30 bits per heavy atom. The number of amides is 7. The minimum atomic E-state index is -1.57. The van der Waals surface area contributed by atoms with Crippen LogP contribution < -0.4 is 49.5 Å². The average Bonchev–Trinajstić information content (AvgIpc) is 2.97. The highest BCUT2D eigenvalue weighted by Crippen LogP contribution is 2.11. The monoisotopic (exact) mass is 713 g/mol. The predicted molar refractivity (Wildman–Crippen MR) is 184 cm³/mol. The first kappa shape index (κ1) is 45.7. The number of carboxylic acids is 1. The second-order valence-corrected chi connectivity index (χ2v) is 13.8. The van der Waals surface area contributed by atoms with Crippen molar-refractivity contribution in [3.05, 3.63) is 0 Å². The Morgan fingerprint density at radius 2 is 0.880 bits per heavy atom. The summed E-state index contributed by atoms with van der Waals surface area (Å²) in [5.41, 5.74) is 21.8. The lowest BCUT2D eigenvalue weighted by atomic mass is 10.00. The van der Waals surface area contributed by atoms with Gasteiger partial charge in [-0.1, -0.05) is 41.5 Å². The smallest absolute Gasteiger partial charge is 0.326 e. The number of aliphatic carboxylic acids is 1. The molecule has 0 aliphatic heterocycles. The molecule has 50 heavy (non-hydrogen) atoms. The lowest BCUT2D eigenvalue weighted by Gasteiger charge is -2.28. The van der Waals surface area contributed by atoms with Crippen LogP contribution in [0.1, 0.15) is 92.9 Å². The number of rotatable bonds is 25. The molecule has 7 amide bonds. The molecule has 0 unspecified atom stereocenters. The summed E-state index contributed by atoms with van der Waals surface area (Å²) in [6.07, 6.45) is 0.312. The number of carbonyl (C=O) groups is 8. The molecule has 0 aliphatic carbocycles. The van der Waals surface area contributed by atoms with Crippen LogP contribution >= 0.6 is 0 Å². The minimum Gasteiger partial charge on any atom is -0.480 e. The summed E-state index contributed by atoms with van der Waals surface area (Å²) < 4.78 is 0. The van der Waals surface area contributed by atoms with Crippen molar-refractivity contribution in [3.63, 3.8) is 0 Å². The van der Waals surface area contributed by atoms with Gasteiger partial charge in [0.25, 0.3) is 0 Å². The van der Waals surface area contributed by atoms with E-state index in [4.69, 9.17) is 22.9 Å². The van der Waals surface area contributed by atoms with Gasteiger partial charge >= 0.3 is 5.97 Å². The Hall–Kier alpha value is -4.32. The molecular weight excluding hydrogens is 654 g/mol. The maximum Gasteiger partial charge on any atom is 0.326 e. The Labute approximate surface area is 293 Å². The van der Waals surface area contributed by atoms with E-state index >= 15 is 0 Å². The molecule has 0 aliphatic rings. The maximum absolute atomic E-state index is 13.6. The number of hydrogen-bond donors (Lipinski definition) is 10. The number of carbonyl (C=O) groups excluding carboxylic acids is 7. The minimum absolute atomic E-state index is 0.0440. The molecule has 0 bridgehead atoms. The molecule has 0 heterocycles. The van der Waals surface area contributed by atoms with E-state index in [9.17, 15) is 43.5 Å². The highest BCUT2D eigenvalue weighted by molar-refractivity contribution is 5.98. The van der Waals surface area contributed by atoms with Crippen LogP contribution in [0.4, 0.5) is 0 Å². The van der Waals surface area contributed by atoms with Crippen LogP contribution in [0.2, 0.25) is 0 Å². The van der Waals surface area contributed by atoms with E-state index in [0.717, 1.165) is 0 Å². The lowest BCUT2D eigenvalue weighted by Crippen LogP contribution is -2.60. The average molecular weight is 714 g/mol. The van der Waals surface area contributed by atoms with Gasteiger partial charge in [-0.3, -0.25) is 33.6 Å². The Kier molecular flexibility index (Phi) is 21.2. The zero-order valence-corrected chi connectivity index (χ0v) is 30.1. The van der Waals surface area contributed by atoms with E-state index in [1.54, 1.807) is 41.5 Å². The highest BCUT2D eigenvalue weighted by atomic mass is 16.4. The van der Waals surface area contributed by atoms with Crippen LogP contribution in [-0.4, -0.2) is 95.2 Å². The molecule has 0 aromatic heterocycles. The summed E-state index contributed by atoms with van der Waals surface area (Å²) in [4.78, 5) is 101. The van der Waals surface area contributed by atoms with Gasteiger partial charge in [-0.2, -0.15) is 0 Å². The van der Waals surface area contributed by atoms with Crippen molar-refractivity contribution in [2.24, 2.45) is 40.7 Å².